The third-order valence-electron chi connectivity index (χ3n) is 10.0. The normalized spacial score (nSPS) is 11.0. The van der Waals surface area contributed by atoms with Gasteiger partial charge in [0.15, 0.2) is 0 Å². The fourth-order valence-electron chi connectivity index (χ4n) is 7.26. The molecule has 0 fully saturated rings. The van der Waals surface area contributed by atoms with Crippen LogP contribution < -0.4 is 4.90 Å². The Bertz CT molecular complexity index is 2640. The molecule has 0 saturated heterocycles. The van der Waals surface area contributed by atoms with Gasteiger partial charge in [-0.05, 0) is 121 Å². The summed E-state index contributed by atoms with van der Waals surface area (Å²) >= 11 is 0. The monoisotopic (exact) mass is 675 g/mol. The van der Waals surface area contributed by atoms with Crippen molar-refractivity contribution >= 4 is 27.8 Å². The minimum absolute atomic E-state index is 1.10. The summed E-state index contributed by atoms with van der Waals surface area (Å²) in [5, 5.41) is 2.51. The maximum atomic E-state index is 2.35. The molecule has 0 bridgehead atoms. The highest BCUT2D eigenvalue weighted by molar-refractivity contribution is 5.88. The maximum absolute atomic E-state index is 2.35. The second-order valence-electron chi connectivity index (χ2n) is 13.4. The third kappa shape index (κ3) is 6.77. The van der Waals surface area contributed by atoms with E-state index < -0.39 is 0 Å². The van der Waals surface area contributed by atoms with Gasteiger partial charge in [-0.2, -0.15) is 0 Å². The number of nitrogens with zero attached hydrogens (tertiary/aromatic N) is 1. The van der Waals surface area contributed by atoms with Crippen LogP contribution >= 0.6 is 0 Å². The Hall–Kier alpha value is -6.96. The fourth-order valence-corrected chi connectivity index (χ4v) is 7.26. The van der Waals surface area contributed by atoms with E-state index in [-0.39, 0.29) is 0 Å². The highest BCUT2D eigenvalue weighted by Gasteiger charge is 2.15. The molecule has 0 amide bonds. The van der Waals surface area contributed by atoms with E-state index in [1.165, 1.54) is 66.4 Å². The van der Waals surface area contributed by atoms with E-state index in [9.17, 15) is 0 Å². The summed E-state index contributed by atoms with van der Waals surface area (Å²) in [6.07, 6.45) is 0. The molecule has 0 aliphatic heterocycles. The van der Waals surface area contributed by atoms with Crippen LogP contribution in [0.25, 0.3) is 66.4 Å². The highest BCUT2D eigenvalue weighted by Crippen LogP contribution is 2.39. The van der Waals surface area contributed by atoms with Crippen LogP contribution in [0.4, 0.5) is 17.1 Å². The standard InChI is InChI=1S/C52H37N/c1-3-12-38(13-4-1)44-18-9-19-45(34-44)41-26-30-50(31-27-41)53(52-23-11-22-48(37-52)39-14-5-2-6-15-39)51-32-28-42(29-33-51)46-20-10-21-47(35-46)49-25-24-40-16-7-8-17-43(40)36-49/h1-37H. The Labute approximate surface area is 311 Å². The molecular formula is C52H37N. The lowest BCUT2D eigenvalue weighted by molar-refractivity contribution is 1.28. The van der Waals surface area contributed by atoms with Gasteiger partial charge in [-0.25, -0.2) is 0 Å². The maximum Gasteiger partial charge on any atom is 0.0467 e. The first kappa shape index (κ1) is 32.0. The van der Waals surface area contributed by atoms with Gasteiger partial charge in [0.25, 0.3) is 0 Å². The van der Waals surface area contributed by atoms with Crippen molar-refractivity contribution in [1.82, 2.24) is 0 Å². The first-order chi connectivity index (χ1) is 26.2. The Morgan fingerprint density at radius 1 is 0.189 bits per heavy atom. The molecule has 1 heteroatoms. The van der Waals surface area contributed by atoms with E-state index in [4.69, 9.17) is 0 Å². The molecule has 0 radical (unpaired) electrons. The summed E-state index contributed by atoms with van der Waals surface area (Å²) in [6.45, 7) is 0. The molecule has 1 nitrogen and oxygen atoms in total. The molecule has 0 N–H and O–H groups in total. The fraction of sp³-hybridized carbons (Fsp3) is 0. The molecule has 9 aromatic carbocycles. The van der Waals surface area contributed by atoms with Gasteiger partial charge in [0.1, 0.15) is 0 Å². The lowest BCUT2D eigenvalue weighted by atomic mass is 9.97. The zero-order chi connectivity index (χ0) is 35.4. The quantitative estimate of drug-likeness (QED) is 0.155. The smallest absolute Gasteiger partial charge is 0.0467 e. The van der Waals surface area contributed by atoms with Crippen LogP contribution in [-0.2, 0) is 0 Å². The average molecular weight is 676 g/mol. The molecule has 0 saturated carbocycles. The van der Waals surface area contributed by atoms with Crippen LogP contribution in [0, 0.1) is 0 Å². The Balaban J connectivity index is 1.07. The molecule has 0 aliphatic rings. The highest BCUT2D eigenvalue weighted by atomic mass is 15.1. The summed E-state index contributed by atoms with van der Waals surface area (Å²) in [5.74, 6) is 0. The van der Waals surface area contributed by atoms with Gasteiger partial charge in [-0.15, -0.1) is 0 Å². The van der Waals surface area contributed by atoms with E-state index in [1.54, 1.807) is 0 Å². The number of anilines is 3. The Kier molecular flexibility index (Phi) is 8.66. The van der Waals surface area contributed by atoms with Crippen molar-refractivity contribution in [2.75, 3.05) is 4.90 Å². The van der Waals surface area contributed by atoms with E-state index in [0.717, 1.165) is 17.1 Å². The minimum Gasteiger partial charge on any atom is -0.310 e. The zero-order valence-electron chi connectivity index (χ0n) is 29.3. The first-order valence-electron chi connectivity index (χ1n) is 18.2. The molecule has 0 unspecified atom stereocenters. The second-order valence-corrected chi connectivity index (χ2v) is 13.4. The second kappa shape index (κ2) is 14.3. The van der Waals surface area contributed by atoms with Crippen molar-refractivity contribution in [3.8, 4) is 55.6 Å². The summed E-state index contributed by atoms with van der Waals surface area (Å²) in [5.41, 5.74) is 15.3. The molecular weight excluding hydrogens is 639 g/mol. The molecule has 9 rings (SSSR count). The van der Waals surface area contributed by atoms with E-state index in [0.29, 0.717) is 0 Å². The predicted molar refractivity (Wildman–Crippen MR) is 226 cm³/mol. The van der Waals surface area contributed by atoms with Gasteiger partial charge in [0.2, 0.25) is 0 Å². The number of hydrogen-bond donors (Lipinski definition) is 0. The van der Waals surface area contributed by atoms with Crippen molar-refractivity contribution in [1.29, 1.82) is 0 Å². The van der Waals surface area contributed by atoms with Crippen LogP contribution in [-0.4, -0.2) is 0 Å². The van der Waals surface area contributed by atoms with E-state index in [1.807, 2.05) is 0 Å². The first-order valence-corrected chi connectivity index (χ1v) is 18.2. The van der Waals surface area contributed by atoms with Gasteiger partial charge in [0.05, 0.1) is 0 Å². The lowest BCUT2D eigenvalue weighted by Crippen LogP contribution is -2.10. The van der Waals surface area contributed by atoms with Crippen LogP contribution in [0.1, 0.15) is 0 Å². The molecule has 0 aliphatic carbocycles. The predicted octanol–water partition coefficient (Wildman–Crippen LogP) is 14.6. The summed E-state index contributed by atoms with van der Waals surface area (Å²) in [6, 6.07) is 80.8. The lowest BCUT2D eigenvalue weighted by Gasteiger charge is -2.26. The topological polar surface area (TPSA) is 3.24 Å². The number of rotatable bonds is 8. The van der Waals surface area contributed by atoms with Gasteiger partial charge < -0.3 is 4.90 Å². The molecule has 0 atom stereocenters. The summed E-state index contributed by atoms with van der Waals surface area (Å²) in [7, 11) is 0. The Morgan fingerprint density at radius 2 is 0.547 bits per heavy atom. The Morgan fingerprint density at radius 3 is 1.08 bits per heavy atom. The largest absolute Gasteiger partial charge is 0.310 e. The third-order valence-corrected chi connectivity index (χ3v) is 10.0. The molecule has 0 spiro atoms. The SMILES string of the molecule is c1ccc(-c2cccc(-c3ccc(N(c4ccc(-c5cccc(-c6ccc7ccccc7c6)c5)cc4)c4cccc(-c5ccccc5)c4)cc3)c2)cc1. The van der Waals surface area contributed by atoms with Crippen LogP contribution in [0.2, 0.25) is 0 Å². The molecule has 0 aromatic heterocycles. The van der Waals surface area contributed by atoms with Crippen LogP contribution in [0.15, 0.2) is 224 Å². The van der Waals surface area contributed by atoms with Gasteiger partial charge in [0, 0.05) is 17.1 Å². The summed E-state index contributed by atoms with van der Waals surface area (Å²) < 4.78 is 0. The molecule has 0 heterocycles. The molecule has 250 valence electrons. The number of hydrogen-bond acceptors (Lipinski definition) is 1. The van der Waals surface area contributed by atoms with Crippen molar-refractivity contribution in [2.24, 2.45) is 0 Å². The van der Waals surface area contributed by atoms with Crippen LogP contribution in [0.3, 0.4) is 0 Å². The van der Waals surface area contributed by atoms with Crippen molar-refractivity contribution in [3.05, 3.63) is 224 Å². The van der Waals surface area contributed by atoms with Crippen molar-refractivity contribution < 1.29 is 0 Å². The number of fused-ring (bicyclic) bond motifs is 1. The summed E-state index contributed by atoms with van der Waals surface area (Å²) in [4.78, 5) is 2.35. The van der Waals surface area contributed by atoms with Gasteiger partial charge >= 0.3 is 0 Å². The van der Waals surface area contributed by atoms with E-state index >= 15 is 0 Å². The van der Waals surface area contributed by atoms with Crippen LogP contribution in [0.5, 0.6) is 0 Å². The number of benzene rings is 9. The molecule has 9 aromatic rings. The van der Waals surface area contributed by atoms with E-state index in [2.05, 4.69) is 229 Å². The average Bonchev–Trinajstić information content (AvgIpc) is 3.25. The van der Waals surface area contributed by atoms with Gasteiger partial charge in [-0.3, -0.25) is 0 Å². The van der Waals surface area contributed by atoms with Crippen molar-refractivity contribution in [2.45, 2.75) is 0 Å². The van der Waals surface area contributed by atoms with Gasteiger partial charge in [-0.1, -0.05) is 170 Å². The molecule has 53 heavy (non-hydrogen) atoms. The minimum atomic E-state index is 1.10. The van der Waals surface area contributed by atoms with Crippen molar-refractivity contribution in [3.63, 3.8) is 0 Å². The zero-order valence-corrected chi connectivity index (χ0v) is 29.3.